The predicted molar refractivity (Wildman–Crippen MR) is 53.1 cm³/mol. The van der Waals surface area contributed by atoms with Gasteiger partial charge >= 0.3 is 0 Å². The Morgan fingerprint density at radius 3 is 2.50 bits per heavy atom. The first-order chi connectivity index (χ1) is 5.68. The van der Waals surface area contributed by atoms with Crippen LogP contribution >= 0.6 is 0 Å². The average molecular weight is 168 g/mol. The molecule has 0 heterocycles. The fraction of sp³-hybridized carbons (Fsp3) is 0.727. The Balaban J connectivity index is 3.26. The van der Waals surface area contributed by atoms with Crippen molar-refractivity contribution in [2.24, 2.45) is 5.92 Å². The molecule has 0 N–H and O–H groups in total. The zero-order valence-electron chi connectivity index (χ0n) is 8.47. The van der Waals surface area contributed by atoms with E-state index in [0.717, 1.165) is 25.7 Å². The van der Waals surface area contributed by atoms with Crippen LogP contribution in [0.2, 0.25) is 0 Å². The zero-order valence-corrected chi connectivity index (χ0v) is 8.47. The Kier molecular flexibility index (Phi) is 6.73. The Morgan fingerprint density at radius 2 is 2.00 bits per heavy atom. The third-order valence-electron chi connectivity index (χ3n) is 1.92. The molecule has 1 heteroatoms. The number of carbonyl (C=O) groups is 1. The van der Waals surface area contributed by atoms with E-state index in [1.54, 1.807) is 0 Å². The number of ketones is 1. The summed E-state index contributed by atoms with van der Waals surface area (Å²) in [6.07, 6.45) is 8.27. The number of allylic oxidation sites excluding steroid dienone is 2. The molecule has 0 bridgehead atoms. The van der Waals surface area contributed by atoms with Crippen LogP contribution in [0.5, 0.6) is 0 Å². The first-order valence-corrected chi connectivity index (χ1v) is 4.82. The first kappa shape index (κ1) is 11.4. The zero-order chi connectivity index (χ0) is 9.40. The van der Waals surface area contributed by atoms with E-state index in [0.29, 0.717) is 5.78 Å². The van der Waals surface area contributed by atoms with Gasteiger partial charge in [0.1, 0.15) is 5.78 Å². The molecule has 0 amide bonds. The standard InChI is InChI=1S/C11H20O/c1-4-5-6-7-8-9-11(12)10(2)3/h4-5,10H,6-9H2,1-3H3. The molecule has 0 aromatic heterocycles. The van der Waals surface area contributed by atoms with Crippen molar-refractivity contribution in [1.82, 2.24) is 0 Å². The van der Waals surface area contributed by atoms with E-state index >= 15 is 0 Å². The molecule has 0 spiro atoms. The van der Waals surface area contributed by atoms with E-state index in [1.165, 1.54) is 0 Å². The van der Waals surface area contributed by atoms with Gasteiger partial charge in [0.15, 0.2) is 0 Å². The summed E-state index contributed by atoms with van der Waals surface area (Å²) in [5, 5.41) is 0. The van der Waals surface area contributed by atoms with Gasteiger partial charge in [-0.05, 0) is 26.2 Å². The maximum absolute atomic E-state index is 11.2. The number of hydrogen-bond acceptors (Lipinski definition) is 1. The van der Waals surface area contributed by atoms with Crippen LogP contribution in [-0.4, -0.2) is 5.78 Å². The van der Waals surface area contributed by atoms with Crippen molar-refractivity contribution in [3.63, 3.8) is 0 Å². The highest BCUT2D eigenvalue weighted by atomic mass is 16.1. The van der Waals surface area contributed by atoms with E-state index in [4.69, 9.17) is 0 Å². The Labute approximate surface area is 75.9 Å². The third-order valence-corrected chi connectivity index (χ3v) is 1.92. The maximum atomic E-state index is 11.2. The van der Waals surface area contributed by atoms with Gasteiger partial charge in [-0.15, -0.1) is 0 Å². The van der Waals surface area contributed by atoms with Gasteiger partial charge in [0.05, 0.1) is 0 Å². The monoisotopic (exact) mass is 168 g/mol. The lowest BCUT2D eigenvalue weighted by atomic mass is 10.0. The second kappa shape index (κ2) is 7.08. The van der Waals surface area contributed by atoms with E-state index < -0.39 is 0 Å². The van der Waals surface area contributed by atoms with Crippen LogP contribution in [0.1, 0.15) is 46.5 Å². The van der Waals surface area contributed by atoms with Gasteiger partial charge in [0.2, 0.25) is 0 Å². The average Bonchev–Trinajstić information content (AvgIpc) is 2.03. The predicted octanol–water partition coefficient (Wildman–Crippen LogP) is 3.35. The van der Waals surface area contributed by atoms with E-state index in [9.17, 15) is 4.79 Å². The molecule has 1 nitrogen and oxygen atoms in total. The lowest BCUT2D eigenvalue weighted by molar-refractivity contribution is -0.122. The van der Waals surface area contributed by atoms with Crippen molar-refractivity contribution in [2.75, 3.05) is 0 Å². The molecule has 0 aliphatic heterocycles. The highest BCUT2D eigenvalue weighted by Crippen LogP contribution is 2.06. The summed E-state index contributed by atoms with van der Waals surface area (Å²) in [5.41, 5.74) is 0. The Bertz CT molecular complexity index is 145. The van der Waals surface area contributed by atoms with Crippen LogP contribution in [0.25, 0.3) is 0 Å². The summed E-state index contributed by atoms with van der Waals surface area (Å²) in [7, 11) is 0. The fourth-order valence-electron chi connectivity index (χ4n) is 1.02. The number of hydrogen-bond donors (Lipinski definition) is 0. The Morgan fingerprint density at radius 1 is 1.33 bits per heavy atom. The molecular weight excluding hydrogens is 148 g/mol. The molecule has 0 aromatic carbocycles. The molecule has 0 rings (SSSR count). The van der Waals surface area contributed by atoms with Gasteiger partial charge in [-0.3, -0.25) is 4.79 Å². The lowest BCUT2D eigenvalue weighted by Crippen LogP contribution is -2.05. The molecule has 0 saturated heterocycles. The van der Waals surface area contributed by atoms with E-state index in [-0.39, 0.29) is 5.92 Å². The van der Waals surface area contributed by atoms with Gasteiger partial charge in [-0.25, -0.2) is 0 Å². The summed E-state index contributed by atoms with van der Waals surface area (Å²) in [4.78, 5) is 11.2. The number of rotatable bonds is 6. The van der Waals surface area contributed by atoms with Crippen LogP contribution in [0.4, 0.5) is 0 Å². The van der Waals surface area contributed by atoms with Crippen LogP contribution in [-0.2, 0) is 4.79 Å². The first-order valence-electron chi connectivity index (χ1n) is 4.82. The molecule has 0 fully saturated rings. The summed E-state index contributed by atoms with van der Waals surface area (Å²) < 4.78 is 0. The summed E-state index contributed by atoms with van der Waals surface area (Å²) >= 11 is 0. The minimum absolute atomic E-state index is 0.215. The number of carbonyl (C=O) groups excluding carboxylic acids is 1. The molecule has 0 aliphatic rings. The van der Waals surface area contributed by atoms with Crippen molar-refractivity contribution >= 4 is 5.78 Å². The van der Waals surface area contributed by atoms with Crippen molar-refractivity contribution in [2.45, 2.75) is 46.5 Å². The molecule has 0 aliphatic carbocycles. The Hall–Kier alpha value is -0.590. The van der Waals surface area contributed by atoms with Crippen molar-refractivity contribution in [3.05, 3.63) is 12.2 Å². The summed E-state index contributed by atoms with van der Waals surface area (Å²) in [6.45, 7) is 5.96. The largest absolute Gasteiger partial charge is 0.299 e. The van der Waals surface area contributed by atoms with Crippen LogP contribution in [0.15, 0.2) is 12.2 Å². The second-order valence-corrected chi connectivity index (χ2v) is 3.44. The SMILES string of the molecule is CC=CCCCCC(=O)C(C)C. The maximum Gasteiger partial charge on any atom is 0.135 e. The molecule has 0 atom stereocenters. The van der Waals surface area contributed by atoms with Crippen LogP contribution < -0.4 is 0 Å². The van der Waals surface area contributed by atoms with E-state index in [2.05, 4.69) is 12.2 Å². The molecule has 0 radical (unpaired) electrons. The molecule has 12 heavy (non-hydrogen) atoms. The van der Waals surface area contributed by atoms with Crippen molar-refractivity contribution < 1.29 is 4.79 Å². The molecule has 0 aromatic rings. The number of unbranched alkanes of at least 4 members (excludes halogenated alkanes) is 2. The second-order valence-electron chi connectivity index (χ2n) is 3.44. The van der Waals surface area contributed by atoms with Gasteiger partial charge in [-0.2, -0.15) is 0 Å². The molecule has 70 valence electrons. The molecular formula is C11H20O. The van der Waals surface area contributed by atoms with Gasteiger partial charge in [-0.1, -0.05) is 26.0 Å². The summed E-state index contributed by atoms with van der Waals surface area (Å²) in [5.74, 6) is 0.613. The highest BCUT2D eigenvalue weighted by molar-refractivity contribution is 5.80. The fourth-order valence-corrected chi connectivity index (χ4v) is 1.02. The van der Waals surface area contributed by atoms with Crippen LogP contribution in [0.3, 0.4) is 0 Å². The smallest absolute Gasteiger partial charge is 0.135 e. The lowest BCUT2D eigenvalue weighted by Gasteiger charge is -2.01. The van der Waals surface area contributed by atoms with Gasteiger partial charge < -0.3 is 0 Å². The molecule has 0 unspecified atom stereocenters. The third kappa shape index (κ3) is 6.14. The molecule has 0 saturated carbocycles. The van der Waals surface area contributed by atoms with Crippen molar-refractivity contribution in [1.29, 1.82) is 0 Å². The number of Topliss-reactive ketones (excluding diaryl/α,β-unsaturated/α-hetero) is 1. The normalized spacial score (nSPS) is 11.3. The minimum atomic E-state index is 0.215. The summed E-state index contributed by atoms with van der Waals surface area (Å²) in [6, 6.07) is 0. The van der Waals surface area contributed by atoms with Crippen LogP contribution in [0, 0.1) is 5.92 Å². The van der Waals surface area contributed by atoms with Crippen molar-refractivity contribution in [3.8, 4) is 0 Å². The van der Waals surface area contributed by atoms with Gasteiger partial charge in [0, 0.05) is 12.3 Å². The quantitative estimate of drug-likeness (QED) is 0.439. The highest BCUT2D eigenvalue weighted by Gasteiger charge is 2.05. The topological polar surface area (TPSA) is 17.1 Å². The van der Waals surface area contributed by atoms with E-state index in [1.807, 2.05) is 20.8 Å². The van der Waals surface area contributed by atoms with Gasteiger partial charge in [0.25, 0.3) is 0 Å². The minimum Gasteiger partial charge on any atom is -0.299 e.